The van der Waals surface area contributed by atoms with Crippen molar-refractivity contribution < 1.29 is 14.3 Å². The highest BCUT2D eigenvalue weighted by Crippen LogP contribution is 2.26. The van der Waals surface area contributed by atoms with Crippen LogP contribution in [-0.2, 0) is 11.3 Å². The van der Waals surface area contributed by atoms with Crippen molar-refractivity contribution in [2.24, 2.45) is 4.99 Å². The van der Waals surface area contributed by atoms with Gasteiger partial charge in [-0.15, -0.1) is 24.0 Å². The molecule has 2 aromatic rings. The molecule has 1 unspecified atom stereocenters. The lowest BCUT2D eigenvalue weighted by Gasteiger charge is -2.20. The van der Waals surface area contributed by atoms with Crippen molar-refractivity contribution in [2.45, 2.75) is 25.9 Å². The number of aliphatic imine (C=N–C) groups is 1. The van der Waals surface area contributed by atoms with Crippen LogP contribution in [0.4, 0.5) is 5.82 Å². The molecule has 0 aliphatic carbocycles. The van der Waals surface area contributed by atoms with Gasteiger partial charge >= 0.3 is 5.97 Å². The summed E-state index contributed by atoms with van der Waals surface area (Å²) in [6.45, 7) is 4.89. The molecule has 0 spiro atoms. The van der Waals surface area contributed by atoms with E-state index in [9.17, 15) is 4.79 Å². The van der Waals surface area contributed by atoms with Gasteiger partial charge in [0.2, 0.25) is 0 Å². The highest BCUT2D eigenvalue weighted by molar-refractivity contribution is 14.0. The van der Waals surface area contributed by atoms with Gasteiger partial charge in [-0.05, 0) is 43.2 Å². The maximum atomic E-state index is 11.8. The first-order valence-electron chi connectivity index (χ1n) is 10.2. The van der Waals surface area contributed by atoms with Crippen LogP contribution in [0, 0.1) is 0 Å². The number of benzene rings is 1. The molecule has 0 radical (unpaired) electrons. The Bertz CT molecular complexity index is 944. The molecule has 10 heteroatoms. The number of carbonyl (C=O) groups is 1. The zero-order valence-electron chi connectivity index (χ0n) is 18.4. The molecule has 1 atom stereocenters. The molecule has 1 aromatic carbocycles. The molecule has 32 heavy (non-hydrogen) atoms. The molecule has 2 heterocycles. The van der Waals surface area contributed by atoms with Crippen LogP contribution < -0.4 is 20.3 Å². The number of methoxy groups -OCH3 is 2. The minimum atomic E-state index is -0.430. The van der Waals surface area contributed by atoms with Crippen molar-refractivity contribution >= 4 is 53.3 Å². The maximum Gasteiger partial charge on any atom is 0.341 e. The van der Waals surface area contributed by atoms with Crippen LogP contribution in [0.25, 0.3) is 0 Å². The molecule has 1 aliphatic rings. The van der Waals surface area contributed by atoms with Crippen LogP contribution in [0.15, 0.2) is 41.5 Å². The van der Waals surface area contributed by atoms with Crippen molar-refractivity contribution in [1.82, 2.24) is 15.6 Å². The summed E-state index contributed by atoms with van der Waals surface area (Å²) in [5.41, 5.74) is 1.32. The van der Waals surface area contributed by atoms with Crippen molar-refractivity contribution in [3.05, 3.63) is 52.7 Å². The van der Waals surface area contributed by atoms with E-state index in [0.29, 0.717) is 22.9 Å². The van der Waals surface area contributed by atoms with Crippen LogP contribution in [0.2, 0.25) is 5.02 Å². The van der Waals surface area contributed by atoms with E-state index >= 15 is 0 Å². The predicted octanol–water partition coefficient (Wildman–Crippen LogP) is 3.48. The van der Waals surface area contributed by atoms with Crippen LogP contribution in [-0.4, -0.2) is 56.8 Å². The third-order valence-corrected chi connectivity index (χ3v) is 5.30. The monoisotopic (exact) mass is 573 g/mol. The Labute approximate surface area is 210 Å². The lowest BCUT2D eigenvalue weighted by Crippen LogP contribution is -2.44. The highest BCUT2D eigenvalue weighted by atomic mass is 127. The molecule has 1 aromatic heterocycles. The first-order valence-corrected chi connectivity index (χ1v) is 10.6. The fourth-order valence-electron chi connectivity index (χ4n) is 3.48. The van der Waals surface area contributed by atoms with Gasteiger partial charge in [-0.2, -0.15) is 0 Å². The number of carbonyl (C=O) groups excluding carboxylic acids is 1. The van der Waals surface area contributed by atoms with E-state index in [-0.39, 0.29) is 30.0 Å². The zero-order chi connectivity index (χ0) is 22.2. The Balaban J connectivity index is 0.00000363. The normalized spacial score (nSPS) is 15.7. The molecule has 0 bridgehead atoms. The van der Waals surface area contributed by atoms with Gasteiger partial charge in [-0.1, -0.05) is 17.7 Å². The summed E-state index contributed by atoms with van der Waals surface area (Å²) >= 11 is 6.29. The molecule has 0 saturated carbocycles. The molecule has 1 saturated heterocycles. The van der Waals surface area contributed by atoms with E-state index in [2.05, 4.69) is 20.5 Å². The van der Waals surface area contributed by atoms with E-state index in [0.717, 1.165) is 43.4 Å². The van der Waals surface area contributed by atoms with E-state index in [1.165, 1.54) is 14.2 Å². The summed E-state index contributed by atoms with van der Waals surface area (Å²) in [4.78, 5) is 23.1. The standard InChI is InChI=1S/C22H28ClN5O3.HI/c1-4-24-22(26-13-15-7-8-17(21(29)31-3)19(12-15)30-2)27-16-9-11-28(14-16)20-18(23)6-5-10-25-20;/h5-8,10,12,16H,4,9,11,13-14H2,1-3H3,(H2,24,26,27);1H. The van der Waals surface area contributed by atoms with Crippen molar-refractivity contribution in [3.63, 3.8) is 0 Å². The number of hydrogen-bond acceptors (Lipinski definition) is 6. The largest absolute Gasteiger partial charge is 0.496 e. The number of rotatable bonds is 7. The van der Waals surface area contributed by atoms with E-state index < -0.39 is 5.97 Å². The van der Waals surface area contributed by atoms with Gasteiger partial charge in [0, 0.05) is 31.9 Å². The summed E-state index contributed by atoms with van der Waals surface area (Å²) in [7, 11) is 2.88. The average molecular weight is 574 g/mol. The first-order chi connectivity index (χ1) is 15.0. The van der Waals surface area contributed by atoms with Gasteiger partial charge < -0.3 is 25.0 Å². The minimum Gasteiger partial charge on any atom is -0.496 e. The number of esters is 1. The number of nitrogens with zero attached hydrogens (tertiary/aromatic N) is 3. The summed E-state index contributed by atoms with van der Waals surface area (Å²) < 4.78 is 10.1. The molecule has 3 rings (SSSR count). The Kier molecular flexibility index (Phi) is 10.3. The van der Waals surface area contributed by atoms with Crippen LogP contribution >= 0.6 is 35.6 Å². The first kappa shape index (κ1) is 26.0. The third-order valence-electron chi connectivity index (χ3n) is 5.00. The van der Waals surface area contributed by atoms with Gasteiger partial charge in [0.25, 0.3) is 0 Å². The van der Waals surface area contributed by atoms with E-state index in [1.54, 1.807) is 18.3 Å². The van der Waals surface area contributed by atoms with Gasteiger partial charge in [0.15, 0.2) is 5.96 Å². The summed E-state index contributed by atoms with van der Waals surface area (Å²) in [6.07, 6.45) is 2.71. The van der Waals surface area contributed by atoms with Crippen LogP contribution in [0.3, 0.4) is 0 Å². The van der Waals surface area contributed by atoms with Gasteiger partial charge in [-0.25, -0.2) is 14.8 Å². The lowest BCUT2D eigenvalue weighted by molar-refractivity contribution is 0.0597. The smallest absolute Gasteiger partial charge is 0.341 e. The maximum absolute atomic E-state index is 11.8. The number of ether oxygens (including phenoxy) is 2. The minimum absolute atomic E-state index is 0. The van der Waals surface area contributed by atoms with Gasteiger partial charge in [-0.3, -0.25) is 0 Å². The fourth-order valence-corrected chi connectivity index (χ4v) is 3.72. The molecule has 0 amide bonds. The predicted molar refractivity (Wildman–Crippen MR) is 138 cm³/mol. The average Bonchev–Trinajstić information content (AvgIpc) is 3.25. The van der Waals surface area contributed by atoms with Crippen LogP contribution in [0.1, 0.15) is 29.3 Å². The molecular formula is C22H29ClIN5O3. The van der Waals surface area contributed by atoms with E-state index in [1.807, 2.05) is 25.1 Å². The lowest BCUT2D eigenvalue weighted by atomic mass is 10.1. The second-order valence-corrected chi connectivity index (χ2v) is 7.51. The SMILES string of the molecule is CCNC(=NCc1ccc(C(=O)OC)c(OC)c1)NC1CCN(c2ncccc2Cl)C1.I. The van der Waals surface area contributed by atoms with Crippen molar-refractivity contribution in [2.75, 3.05) is 38.8 Å². The summed E-state index contributed by atoms with van der Waals surface area (Å²) in [5.74, 6) is 1.59. The van der Waals surface area contributed by atoms with Gasteiger partial charge in [0.05, 0.1) is 25.8 Å². The second kappa shape index (κ2) is 12.7. The molecule has 174 valence electrons. The second-order valence-electron chi connectivity index (χ2n) is 7.11. The number of pyridine rings is 1. The number of guanidine groups is 1. The number of aromatic nitrogens is 1. The highest BCUT2D eigenvalue weighted by Gasteiger charge is 2.25. The van der Waals surface area contributed by atoms with Crippen LogP contribution in [0.5, 0.6) is 5.75 Å². The topological polar surface area (TPSA) is 88.1 Å². The number of anilines is 1. The Morgan fingerprint density at radius 3 is 2.84 bits per heavy atom. The fraction of sp³-hybridized carbons (Fsp3) is 0.409. The number of hydrogen-bond donors (Lipinski definition) is 2. The third kappa shape index (κ3) is 6.61. The number of halogens is 2. The van der Waals surface area contributed by atoms with Crippen molar-refractivity contribution in [1.29, 1.82) is 0 Å². The molecule has 2 N–H and O–H groups in total. The molecule has 1 fully saturated rings. The summed E-state index contributed by atoms with van der Waals surface area (Å²) in [5, 5.41) is 7.44. The Morgan fingerprint density at radius 1 is 1.34 bits per heavy atom. The Hall–Kier alpha value is -2.27. The molecular weight excluding hydrogens is 545 g/mol. The molecule has 8 nitrogen and oxygen atoms in total. The van der Waals surface area contributed by atoms with Gasteiger partial charge in [0.1, 0.15) is 17.1 Å². The van der Waals surface area contributed by atoms with E-state index in [4.69, 9.17) is 26.1 Å². The Morgan fingerprint density at radius 2 is 2.16 bits per heavy atom. The zero-order valence-corrected chi connectivity index (χ0v) is 21.5. The summed E-state index contributed by atoms with van der Waals surface area (Å²) in [6, 6.07) is 9.27. The number of nitrogens with one attached hydrogen (secondary N) is 2. The quantitative estimate of drug-likeness (QED) is 0.227. The van der Waals surface area contributed by atoms with Crippen molar-refractivity contribution in [3.8, 4) is 5.75 Å². The molecule has 1 aliphatic heterocycles.